The van der Waals surface area contributed by atoms with Crippen LogP contribution in [-0.2, 0) is 9.53 Å². The number of alkyl carbamates (subject to hydrolysis) is 1. The first-order chi connectivity index (χ1) is 6.26. The van der Waals surface area contributed by atoms with Gasteiger partial charge in [-0.2, -0.15) is 0 Å². The van der Waals surface area contributed by atoms with E-state index in [-0.39, 0.29) is 6.04 Å². The standard InChI is InChI=1S/C8H14N2O3/c1-2-13-8(12)9-7-3-4-10(5-7)6-11/h6-7H,2-5H2,1H3,(H,9,12)/t7-/m0/s1. The number of nitrogens with one attached hydrogen (secondary N) is 1. The van der Waals surface area contributed by atoms with Gasteiger partial charge in [-0.05, 0) is 13.3 Å². The summed E-state index contributed by atoms with van der Waals surface area (Å²) in [6, 6.07) is 0.0456. The van der Waals surface area contributed by atoms with Gasteiger partial charge in [-0.15, -0.1) is 0 Å². The van der Waals surface area contributed by atoms with Gasteiger partial charge in [0, 0.05) is 13.1 Å². The molecule has 74 valence electrons. The van der Waals surface area contributed by atoms with Crippen LogP contribution >= 0.6 is 0 Å². The van der Waals surface area contributed by atoms with E-state index in [0.717, 1.165) is 12.8 Å². The van der Waals surface area contributed by atoms with E-state index in [2.05, 4.69) is 5.32 Å². The molecule has 0 spiro atoms. The Morgan fingerprint density at radius 2 is 2.54 bits per heavy atom. The second-order valence-corrected chi connectivity index (χ2v) is 2.95. The summed E-state index contributed by atoms with van der Waals surface area (Å²) < 4.78 is 4.72. The Balaban J connectivity index is 2.23. The van der Waals surface area contributed by atoms with Gasteiger partial charge in [0.05, 0.1) is 12.6 Å². The van der Waals surface area contributed by atoms with Crippen LogP contribution in [0.5, 0.6) is 0 Å². The van der Waals surface area contributed by atoms with E-state index in [4.69, 9.17) is 4.74 Å². The number of carbonyl (C=O) groups excluding carboxylic acids is 2. The second kappa shape index (κ2) is 4.69. The predicted molar refractivity (Wildman–Crippen MR) is 46.2 cm³/mol. The van der Waals surface area contributed by atoms with Gasteiger partial charge in [0.1, 0.15) is 0 Å². The van der Waals surface area contributed by atoms with Gasteiger partial charge in [0.25, 0.3) is 0 Å². The normalized spacial score (nSPS) is 21.3. The first kappa shape index (κ1) is 9.83. The van der Waals surface area contributed by atoms with Crippen molar-refractivity contribution in [3.05, 3.63) is 0 Å². The van der Waals surface area contributed by atoms with Crippen molar-refractivity contribution >= 4 is 12.5 Å². The van der Waals surface area contributed by atoms with Crippen LogP contribution in [0.2, 0.25) is 0 Å². The summed E-state index contributed by atoms with van der Waals surface area (Å²) in [4.78, 5) is 22.9. The third-order valence-electron chi connectivity index (χ3n) is 1.97. The van der Waals surface area contributed by atoms with Crippen molar-refractivity contribution in [3.63, 3.8) is 0 Å². The molecule has 1 heterocycles. The van der Waals surface area contributed by atoms with Gasteiger partial charge in [-0.3, -0.25) is 4.79 Å². The van der Waals surface area contributed by atoms with Crippen LogP contribution in [0.3, 0.4) is 0 Å². The molecular formula is C8H14N2O3. The Morgan fingerprint density at radius 1 is 1.77 bits per heavy atom. The van der Waals surface area contributed by atoms with E-state index in [1.54, 1.807) is 11.8 Å². The zero-order chi connectivity index (χ0) is 9.68. The maximum atomic E-state index is 11.0. The van der Waals surface area contributed by atoms with Crippen molar-refractivity contribution in [1.82, 2.24) is 10.2 Å². The highest BCUT2D eigenvalue weighted by atomic mass is 16.5. The monoisotopic (exact) mass is 186 g/mol. The minimum absolute atomic E-state index is 0.0456. The summed E-state index contributed by atoms with van der Waals surface area (Å²) in [6.45, 7) is 3.42. The Bertz CT molecular complexity index is 196. The SMILES string of the molecule is CCOC(=O)N[C@H]1CCN(C=O)C1. The summed E-state index contributed by atoms with van der Waals surface area (Å²) >= 11 is 0. The van der Waals surface area contributed by atoms with Gasteiger partial charge in [-0.25, -0.2) is 4.79 Å². The molecule has 0 unspecified atom stereocenters. The summed E-state index contributed by atoms with van der Waals surface area (Å²) in [6.07, 6.45) is 1.20. The lowest BCUT2D eigenvalue weighted by Crippen LogP contribution is -2.37. The minimum Gasteiger partial charge on any atom is -0.450 e. The van der Waals surface area contributed by atoms with E-state index >= 15 is 0 Å². The lowest BCUT2D eigenvalue weighted by atomic mass is 10.3. The van der Waals surface area contributed by atoms with Crippen LogP contribution in [0.4, 0.5) is 4.79 Å². The number of nitrogens with zero attached hydrogens (tertiary/aromatic N) is 1. The molecule has 0 bridgehead atoms. The first-order valence-electron chi connectivity index (χ1n) is 4.39. The lowest BCUT2D eigenvalue weighted by Gasteiger charge is -2.12. The van der Waals surface area contributed by atoms with Crippen LogP contribution in [0.15, 0.2) is 0 Å². The largest absolute Gasteiger partial charge is 0.450 e. The van der Waals surface area contributed by atoms with Gasteiger partial charge in [0.2, 0.25) is 6.41 Å². The quantitative estimate of drug-likeness (QED) is 0.629. The molecule has 1 N–H and O–H groups in total. The number of hydrogen-bond acceptors (Lipinski definition) is 3. The van der Waals surface area contributed by atoms with Gasteiger partial charge < -0.3 is 15.0 Å². The number of amides is 2. The smallest absolute Gasteiger partial charge is 0.407 e. The Kier molecular flexibility index (Phi) is 3.54. The molecule has 5 nitrogen and oxygen atoms in total. The molecule has 5 heteroatoms. The highest BCUT2D eigenvalue weighted by molar-refractivity contribution is 5.67. The van der Waals surface area contributed by atoms with Crippen LogP contribution in [-0.4, -0.2) is 43.1 Å². The van der Waals surface area contributed by atoms with Crippen LogP contribution in [0.1, 0.15) is 13.3 Å². The molecule has 1 aliphatic heterocycles. The first-order valence-corrected chi connectivity index (χ1v) is 4.39. The molecule has 1 aliphatic rings. The second-order valence-electron chi connectivity index (χ2n) is 2.95. The Labute approximate surface area is 77.0 Å². The minimum atomic E-state index is -0.403. The van der Waals surface area contributed by atoms with Crippen LogP contribution < -0.4 is 5.32 Å². The molecule has 0 aliphatic carbocycles. The van der Waals surface area contributed by atoms with Crippen molar-refractivity contribution in [3.8, 4) is 0 Å². The summed E-state index contributed by atoms with van der Waals surface area (Å²) in [5, 5.41) is 2.68. The molecule has 1 rings (SSSR count). The van der Waals surface area contributed by atoms with Crippen LogP contribution in [0.25, 0.3) is 0 Å². The van der Waals surface area contributed by atoms with Gasteiger partial charge >= 0.3 is 6.09 Å². The molecule has 13 heavy (non-hydrogen) atoms. The fourth-order valence-corrected chi connectivity index (χ4v) is 1.34. The molecule has 2 amide bonds. The van der Waals surface area contributed by atoms with Crippen molar-refractivity contribution in [1.29, 1.82) is 0 Å². The lowest BCUT2D eigenvalue weighted by molar-refractivity contribution is -0.117. The number of likely N-dealkylation sites (tertiary alicyclic amines) is 1. The number of carbonyl (C=O) groups is 2. The van der Waals surface area contributed by atoms with E-state index in [0.29, 0.717) is 19.7 Å². The number of hydrogen-bond donors (Lipinski definition) is 1. The van der Waals surface area contributed by atoms with E-state index in [1.165, 1.54) is 0 Å². The van der Waals surface area contributed by atoms with E-state index in [1.807, 2.05) is 0 Å². The van der Waals surface area contributed by atoms with Crippen molar-refractivity contribution < 1.29 is 14.3 Å². The average Bonchev–Trinajstić information content (AvgIpc) is 2.52. The van der Waals surface area contributed by atoms with E-state index < -0.39 is 6.09 Å². The molecule has 0 aromatic heterocycles. The Hall–Kier alpha value is -1.26. The molecule has 0 saturated carbocycles. The molecular weight excluding hydrogens is 172 g/mol. The molecule has 0 radical (unpaired) electrons. The molecule has 0 aromatic carbocycles. The highest BCUT2D eigenvalue weighted by Crippen LogP contribution is 2.06. The van der Waals surface area contributed by atoms with Gasteiger partial charge in [-0.1, -0.05) is 0 Å². The van der Waals surface area contributed by atoms with Gasteiger partial charge in [0.15, 0.2) is 0 Å². The third kappa shape index (κ3) is 2.93. The molecule has 1 atom stereocenters. The van der Waals surface area contributed by atoms with Crippen LogP contribution in [0, 0.1) is 0 Å². The summed E-state index contributed by atoms with van der Waals surface area (Å²) in [5.74, 6) is 0. The number of rotatable bonds is 3. The fourth-order valence-electron chi connectivity index (χ4n) is 1.34. The summed E-state index contributed by atoms with van der Waals surface area (Å²) in [5.41, 5.74) is 0. The maximum absolute atomic E-state index is 11.0. The average molecular weight is 186 g/mol. The zero-order valence-electron chi connectivity index (χ0n) is 7.66. The predicted octanol–water partition coefficient (Wildman–Crippen LogP) is -0.0368. The highest BCUT2D eigenvalue weighted by Gasteiger charge is 2.22. The third-order valence-corrected chi connectivity index (χ3v) is 1.97. The Morgan fingerprint density at radius 3 is 3.08 bits per heavy atom. The number of ether oxygens (including phenoxy) is 1. The molecule has 1 saturated heterocycles. The maximum Gasteiger partial charge on any atom is 0.407 e. The van der Waals surface area contributed by atoms with E-state index in [9.17, 15) is 9.59 Å². The van der Waals surface area contributed by atoms with Crippen molar-refractivity contribution in [2.45, 2.75) is 19.4 Å². The molecule has 1 fully saturated rings. The topological polar surface area (TPSA) is 58.6 Å². The molecule has 0 aromatic rings. The van der Waals surface area contributed by atoms with Crippen molar-refractivity contribution in [2.75, 3.05) is 19.7 Å². The summed E-state index contributed by atoms with van der Waals surface area (Å²) in [7, 11) is 0. The fraction of sp³-hybridized carbons (Fsp3) is 0.750. The van der Waals surface area contributed by atoms with Crippen molar-refractivity contribution in [2.24, 2.45) is 0 Å². The zero-order valence-corrected chi connectivity index (χ0v) is 7.66.